The van der Waals surface area contributed by atoms with Crippen LogP contribution in [0.25, 0.3) is 5.69 Å². The van der Waals surface area contributed by atoms with E-state index in [1.165, 1.54) is 7.11 Å². The molecule has 1 atom stereocenters. The second-order valence-corrected chi connectivity index (χ2v) is 8.37. The number of alkyl carbamates (subject to hydrolysis) is 1. The summed E-state index contributed by atoms with van der Waals surface area (Å²) < 4.78 is 11.1. The third-order valence-corrected chi connectivity index (χ3v) is 4.76. The summed E-state index contributed by atoms with van der Waals surface area (Å²) in [5.41, 5.74) is 5.58. The number of fused-ring (bicyclic) bond motifs is 1. The predicted molar refractivity (Wildman–Crippen MR) is 117 cm³/mol. The number of rotatable bonds is 5. The largest absolute Gasteiger partial charge is 0.467 e. The van der Waals surface area contributed by atoms with E-state index in [9.17, 15) is 24.0 Å². The van der Waals surface area contributed by atoms with Crippen LogP contribution >= 0.6 is 0 Å². The second-order valence-electron chi connectivity index (χ2n) is 8.37. The second kappa shape index (κ2) is 8.77. The lowest BCUT2D eigenvalue weighted by Crippen LogP contribution is -2.45. The fraction of sp³-hybridized carbons (Fsp3) is 0.318. The molecule has 11 nitrogen and oxygen atoms in total. The molecule has 0 saturated carbocycles. The highest BCUT2D eigenvalue weighted by molar-refractivity contribution is 6.23. The van der Waals surface area contributed by atoms with E-state index in [1.54, 1.807) is 45.0 Å². The average Bonchev–Trinajstić information content (AvgIpc) is 3.00. The Bertz CT molecular complexity index is 1190. The first-order valence-corrected chi connectivity index (χ1v) is 9.99. The van der Waals surface area contributed by atoms with Crippen LogP contribution in [0.15, 0.2) is 35.1 Å². The molecule has 2 heterocycles. The van der Waals surface area contributed by atoms with Crippen LogP contribution in [0.4, 0.5) is 10.6 Å². The van der Waals surface area contributed by atoms with Crippen molar-refractivity contribution in [2.75, 3.05) is 12.8 Å². The third kappa shape index (κ3) is 5.03. The molecule has 0 bridgehead atoms. The van der Waals surface area contributed by atoms with Gasteiger partial charge in [0.25, 0.3) is 17.4 Å². The minimum atomic E-state index is -1.00. The van der Waals surface area contributed by atoms with Crippen LogP contribution in [0.3, 0.4) is 0 Å². The zero-order chi connectivity index (χ0) is 24.5. The van der Waals surface area contributed by atoms with Gasteiger partial charge in [-0.2, -0.15) is 0 Å². The number of pyridine rings is 1. The van der Waals surface area contributed by atoms with Crippen LogP contribution < -0.4 is 21.9 Å². The van der Waals surface area contributed by atoms with E-state index in [-0.39, 0.29) is 23.4 Å². The molecule has 0 spiro atoms. The van der Waals surface area contributed by atoms with Gasteiger partial charge in [0.05, 0.1) is 23.9 Å². The average molecular weight is 456 g/mol. The van der Waals surface area contributed by atoms with Crippen LogP contribution in [0.1, 0.15) is 47.1 Å². The molecule has 0 radical (unpaired) electrons. The molecular weight excluding hydrogens is 432 g/mol. The molecule has 0 fully saturated rings. The lowest BCUT2D eigenvalue weighted by Gasteiger charge is -2.22. The number of methoxy groups -OCH3 is 1. The number of nitrogen functional groups attached to an aromatic ring is 1. The minimum absolute atomic E-state index is 0.0593. The van der Waals surface area contributed by atoms with Crippen molar-refractivity contribution in [1.82, 2.24) is 15.2 Å². The Hall–Kier alpha value is -4.15. The quantitative estimate of drug-likeness (QED) is 0.442. The highest BCUT2D eigenvalue weighted by Gasteiger charge is 2.32. The van der Waals surface area contributed by atoms with Gasteiger partial charge in [-0.05, 0) is 38.5 Å². The van der Waals surface area contributed by atoms with Gasteiger partial charge in [-0.25, -0.2) is 9.59 Å². The number of nitrogens with one attached hydrogen (secondary N) is 2. The molecule has 11 heteroatoms. The van der Waals surface area contributed by atoms with Crippen molar-refractivity contribution in [2.45, 2.75) is 38.8 Å². The molecule has 0 aliphatic carbocycles. The summed E-state index contributed by atoms with van der Waals surface area (Å²) >= 11 is 0. The fourth-order valence-corrected chi connectivity index (χ4v) is 3.35. The number of anilines is 1. The number of ether oxygens (including phenoxy) is 2. The molecule has 0 saturated heterocycles. The van der Waals surface area contributed by atoms with Crippen molar-refractivity contribution >= 4 is 29.7 Å². The molecule has 1 aliphatic rings. The Morgan fingerprint density at radius 2 is 1.76 bits per heavy atom. The van der Waals surface area contributed by atoms with Crippen LogP contribution in [-0.2, 0) is 20.7 Å². The Morgan fingerprint density at radius 1 is 1.12 bits per heavy atom. The standard InChI is InChI=1S/C22H24N4O7/c1-22(2,3)33-21(31)24-14(20(30)32-4)9-11-5-7-12(8-6-11)26-15(27)10-13-16(17(26)23)19(29)25-18(13)28/h5-8,10,14H,9,23H2,1-4H3,(H,24,31)(H,25,28,29). The van der Waals surface area contributed by atoms with Crippen molar-refractivity contribution in [2.24, 2.45) is 0 Å². The van der Waals surface area contributed by atoms with Crippen molar-refractivity contribution < 1.29 is 28.7 Å². The van der Waals surface area contributed by atoms with E-state index in [2.05, 4.69) is 10.6 Å². The SMILES string of the molecule is COC(=O)C(Cc1ccc(-n2c(N)c3c(cc2=O)C(=O)NC3=O)cc1)NC(=O)OC(C)(C)C. The van der Waals surface area contributed by atoms with Crippen LogP contribution in [0, 0.1) is 0 Å². The number of aromatic nitrogens is 1. The smallest absolute Gasteiger partial charge is 0.408 e. The molecule has 1 unspecified atom stereocenters. The molecule has 174 valence electrons. The summed E-state index contributed by atoms with van der Waals surface area (Å²) in [6, 6.07) is 6.45. The summed E-state index contributed by atoms with van der Waals surface area (Å²) in [5, 5.41) is 4.59. The number of amides is 3. The molecule has 1 aromatic heterocycles. The highest BCUT2D eigenvalue weighted by Crippen LogP contribution is 2.23. The van der Waals surface area contributed by atoms with Crippen molar-refractivity contribution in [3.05, 3.63) is 57.4 Å². The lowest BCUT2D eigenvalue weighted by atomic mass is 10.1. The lowest BCUT2D eigenvalue weighted by molar-refractivity contribution is -0.143. The maximum Gasteiger partial charge on any atom is 0.408 e. The number of esters is 1. The van der Waals surface area contributed by atoms with Crippen molar-refractivity contribution in [1.29, 1.82) is 0 Å². The molecule has 3 rings (SSSR count). The molecule has 4 N–H and O–H groups in total. The number of hydrogen-bond donors (Lipinski definition) is 3. The normalized spacial score (nSPS) is 13.7. The summed E-state index contributed by atoms with van der Waals surface area (Å²) in [6.07, 6.45) is -0.669. The number of carbonyl (C=O) groups is 4. The van der Waals surface area contributed by atoms with E-state index >= 15 is 0 Å². The van der Waals surface area contributed by atoms with Crippen LogP contribution in [-0.4, -0.2) is 47.2 Å². The first kappa shape index (κ1) is 23.5. The Labute approximate surface area is 188 Å². The number of nitrogens with zero attached hydrogens (tertiary/aromatic N) is 1. The van der Waals surface area contributed by atoms with Crippen molar-refractivity contribution in [3.8, 4) is 5.69 Å². The van der Waals surface area contributed by atoms with Gasteiger partial charge >= 0.3 is 12.1 Å². The third-order valence-electron chi connectivity index (χ3n) is 4.76. The minimum Gasteiger partial charge on any atom is -0.467 e. The topological polar surface area (TPSA) is 159 Å². The first-order chi connectivity index (χ1) is 15.4. The molecule has 2 aromatic rings. The Kier molecular flexibility index (Phi) is 6.25. The molecule has 1 aromatic carbocycles. The van der Waals surface area contributed by atoms with Gasteiger partial charge in [0.15, 0.2) is 0 Å². The van der Waals surface area contributed by atoms with E-state index in [4.69, 9.17) is 15.2 Å². The molecule has 3 amide bonds. The number of imide groups is 1. The molecule has 1 aliphatic heterocycles. The Balaban J connectivity index is 1.85. The summed E-state index contributed by atoms with van der Waals surface area (Å²) in [4.78, 5) is 60.6. The van der Waals surface area contributed by atoms with Gasteiger partial charge in [0, 0.05) is 12.5 Å². The monoisotopic (exact) mass is 456 g/mol. The summed E-state index contributed by atoms with van der Waals surface area (Å²) in [6.45, 7) is 5.10. The van der Waals surface area contributed by atoms with Gasteiger partial charge < -0.3 is 20.5 Å². The van der Waals surface area contributed by atoms with Gasteiger partial charge in [-0.1, -0.05) is 12.1 Å². The van der Waals surface area contributed by atoms with Crippen molar-refractivity contribution in [3.63, 3.8) is 0 Å². The van der Waals surface area contributed by atoms with E-state index in [0.29, 0.717) is 11.3 Å². The van der Waals surface area contributed by atoms with E-state index < -0.39 is 41.1 Å². The predicted octanol–water partition coefficient (Wildman–Crippen LogP) is 0.912. The fourth-order valence-electron chi connectivity index (χ4n) is 3.35. The number of hydrogen-bond acceptors (Lipinski definition) is 8. The number of nitrogens with two attached hydrogens (primary N) is 1. The summed E-state index contributed by atoms with van der Waals surface area (Å²) in [7, 11) is 1.21. The van der Waals surface area contributed by atoms with Gasteiger partial charge in [-0.3, -0.25) is 24.3 Å². The number of carbonyl (C=O) groups excluding carboxylic acids is 4. The Morgan fingerprint density at radius 3 is 2.33 bits per heavy atom. The molecular formula is C22H24N4O7. The highest BCUT2D eigenvalue weighted by atomic mass is 16.6. The van der Waals surface area contributed by atoms with Gasteiger partial charge in [0.2, 0.25) is 0 Å². The zero-order valence-electron chi connectivity index (χ0n) is 18.6. The maximum absolute atomic E-state index is 12.5. The van der Waals surface area contributed by atoms with Gasteiger partial charge in [-0.15, -0.1) is 0 Å². The first-order valence-electron chi connectivity index (χ1n) is 9.99. The molecule has 33 heavy (non-hydrogen) atoms. The number of benzene rings is 1. The summed E-state index contributed by atoms with van der Waals surface area (Å²) in [5.74, 6) is -2.16. The zero-order valence-corrected chi connectivity index (χ0v) is 18.6. The van der Waals surface area contributed by atoms with Crippen LogP contribution in [0.5, 0.6) is 0 Å². The van der Waals surface area contributed by atoms with E-state index in [0.717, 1.165) is 10.6 Å². The van der Waals surface area contributed by atoms with Gasteiger partial charge in [0.1, 0.15) is 17.5 Å². The van der Waals surface area contributed by atoms with Crippen LogP contribution in [0.2, 0.25) is 0 Å². The maximum atomic E-state index is 12.5. The van der Waals surface area contributed by atoms with E-state index in [1.807, 2.05) is 0 Å².